The van der Waals surface area contributed by atoms with Gasteiger partial charge in [-0.3, -0.25) is 24.1 Å². The third kappa shape index (κ3) is 3.79. The summed E-state index contributed by atoms with van der Waals surface area (Å²) in [6, 6.07) is 11.7. The van der Waals surface area contributed by atoms with Gasteiger partial charge in [0.2, 0.25) is 17.7 Å². The Morgan fingerprint density at radius 3 is 2.32 bits per heavy atom. The lowest BCUT2D eigenvalue weighted by molar-refractivity contribution is -0.139. The molecule has 0 radical (unpaired) electrons. The maximum Gasteiger partial charge on any atom is 0.316 e. The number of esters is 1. The smallest absolute Gasteiger partial charge is 0.316 e. The molecule has 34 heavy (non-hydrogen) atoms. The maximum atomic E-state index is 13.2. The summed E-state index contributed by atoms with van der Waals surface area (Å²) in [5.74, 6) is -2.69. The Bertz CT molecular complexity index is 1190. The number of nitrogens with zero attached hydrogens (tertiary/aromatic N) is 2. The van der Waals surface area contributed by atoms with Gasteiger partial charge < -0.3 is 9.64 Å². The van der Waals surface area contributed by atoms with Gasteiger partial charge in [-0.05, 0) is 60.9 Å². The van der Waals surface area contributed by atoms with Crippen LogP contribution in [-0.4, -0.2) is 30.2 Å². The van der Waals surface area contributed by atoms with Crippen molar-refractivity contribution in [1.29, 1.82) is 0 Å². The van der Waals surface area contributed by atoms with Crippen molar-refractivity contribution in [1.82, 2.24) is 0 Å². The number of amides is 3. The van der Waals surface area contributed by atoms with Crippen LogP contribution in [0.5, 0.6) is 5.75 Å². The second kappa shape index (κ2) is 8.52. The topological polar surface area (TPSA) is 84.0 Å². The van der Waals surface area contributed by atoms with E-state index in [1.54, 1.807) is 12.1 Å². The van der Waals surface area contributed by atoms with E-state index in [0.29, 0.717) is 17.8 Å². The predicted octanol–water partition coefficient (Wildman–Crippen LogP) is 3.49. The van der Waals surface area contributed by atoms with Gasteiger partial charge in [-0.15, -0.1) is 0 Å². The molecule has 0 N–H and O–H groups in total. The fourth-order valence-corrected chi connectivity index (χ4v) is 5.00. The molecule has 2 aromatic rings. The number of carbonyl (C=O) groups is 4. The summed E-state index contributed by atoms with van der Waals surface area (Å²) in [6.45, 7) is 2.09. The molecule has 8 heteroatoms. The normalized spacial score (nSPS) is 26.2. The number of hydrogen-bond donors (Lipinski definition) is 0. The quantitative estimate of drug-likeness (QED) is 0.301. The van der Waals surface area contributed by atoms with E-state index < -0.39 is 17.7 Å². The van der Waals surface area contributed by atoms with Crippen molar-refractivity contribution in [3.63, 3.8) is 0 Å². The number of rotatable bonds is 4. The van der Waals surface area contributed by atoms with Gasteiger partial charge in [0.1, 0.15) is 11.6 Å². The first-order chi connectivity index (χ1) is 16.3. The first kappa shape index (κ1) is 22.0. The molecule has 2 heterocycles. The van der Waals surface area contributed by atoms with Crippen molar-refractivity contribution in [2.24, 2.45) is 23.7 Å². The molecule has 0 spiro atoms. The van der Waals surface area contributed by atoms with E-state index in [4.69, 9.17) is 4.74 Å². The molecule has 3 amide bonds. The molecule has 0 aromatic heterocycles. The molecular formula is C26H23FN2O5. The molecule has 1 aliphatic carbocycles. The maximum absolute atomic E-state index is 13.2. The van der Waals surface area contributed by atoms with E-state index in [2.05, 4.69) is 0 Å². The van der Waals surface area contributed by atoms with Crippen LogP contribution in [0.15, 0.2) is 60.7 Å². The molecule has 3 aliphatic rings. The van der Waals surface area contributed by atoms with Crippen LogP contribution in [0.3, 0.4) is 0 Å². The molecule has 2 aromatic carbocycles. The number of halogens is 1. The number of fused-ring (bicyclic) bond motifs is 1. The molecule has 2 aliphatic heterocycles. The summed E-state index contributed by atoms with van der Waals surface area (Å²) < 4.78 is 18.6. The largest absolute Gasteiger partial charge is 0.426 e. The van der Waals surface area contributed by atoms with Gasteiger partial charge in [-0.25, -0.2) is 4.39 Å². The van der Waals surface area contributed by atoms with E-state index in [9.17, 15) is 23.6 Å². The standard InChI is InChI=1S/C26H23FN2O5/c1-15-3-2-4-21-23(15)25(32)29(24(21)31)19-9-11-20(12-10-19)34-26(33)16-13-22(30)28(14-16)18-7-5-17(27)6-8-18/h2-3,5-12,15-16,21,23H,4,13-14H2,1H3/t15-,16+,21+,23+/m1/s1. The van der Waals surface area contributed by atoms with E-state index in [1.165, 1.54) is 46.2 Å². The number of imide groups is 1. The van der Waals surface area contributed by atoms with E-state index >= 15 is 0 Å². The number of anilines is 2. The Morgan fingerprint density at radius 1 is 0.971 bits per heavy atom. The van der Waals surface area contributed by atoms with E-state index in [1.807, 2.05) is 19.1 Å². The molecular weight excluding hydrogens is 439 g/mol. The molecule has 4 atom stereocenters. The van der Waals surface area contributed by atoms with Crippen molar-refractivity contribution >= 4 is 35.1 Å². The summed E-state index contributed by atoms with van der Waals surface area (Å²) in [4.78, 5) is 53.5. The van der Waals surface area contributed by atoms with Crippen LogP contribution < -0.4 is 14.5 Å². The highest BCUT2D eigenvalue weighted by Crippen LogP contribution is 2.40. The summed E-state index contributed by atoms with van der Waals surface area (Å²) in [7, 11) is 0. The molecule has 0 unspecified atom stereocenters. The lowest BCUT2D eigenvalue weighted by atomic mass is 9.78. The zero-order valence-electron chi connectivity index (χ0n) is 18.5. The van der Waals surface area contributed by atoms with Crippen molar-refractivity contribution in [2.45, 2.75) is 19.8 Å². The highest BCUT2D eigenvalue weighted by atomic mass is 19.1. The minimum atomic E-state index is -0.656. The monoisotopic (exact) mass is 462 g/mol. The lowest BCUT2D eigenvalue weighted by Gasteiger charge is -2.22. The van der Waals surface area contributed by atoms with Crippen molar-refractivity contribution < 1.29 is 28.3 Å². The number of benzene rings is 2. The zero-order chi connectivity index (χ0) is 24.0. The average Bonchev–Trinajstić information content (AvgIpc) is 3.33. The first-order valence-corrected chi connectivity index (χ1v) is 11.3. The van der Waals surface area contributed by atoms with Gasteiger partial charge >= 0.3 is 5.97 Å². The van der Waals surface area contributed by atoms with Crippen LogP contribution in [-0.2, 0) is 19.2 Å². The van der Waals surface area contributed by atoms with Crippen LogP contribution in [0.1, 0.15) is 19.8 Å². The summed E-state index contributed by atoms with van der Waals surface area (Å²) >= 11 is 0. The first-order valence-electron chi connectivity index (χ1n) is 11.3. The van der Waals surface area contributed by atoms with E-state index in [0.717, 1.165) is 0 Å². The van der Waals surface area contributed by atoms with Gasteiger partial charge in [-0.1, -0.05) is 19.1 Å². The average molecular weight is 462 g/mol. The number of hydrogen-bond acceptors (Lipinski definition) is 5. The van der Waals surface area contributed by atoms with Gasteiger partial charge in [0, 0.05) is 18.7 Å². The molecule has 5 rings (SSSR count). The number of carbonyl (C=O) groups excluding carboxylic acids is 4. The Hall–Kier alpha value is -3.81. The lowest BCUT2D eigenvalue weighted by Crippen LogP contribution is -2.31. The molecule has 174 valence electrons. The molecule has 7 nitrogen and oxygen atoms in total. The van der Waals surface area contributed by atoms with E-state index in [-0.39, 0.29) is 54.2 Å². The number of ether oxygens (including phenoxy) is 1. The minimum Gasteiger partial charge on any atom is -0.426 e. The zero-order valence-corrected chi connectivity index (χ0v) is 18.5. The van der Waals surface area contributed by atoms with Crippen molar-refractivity contribution in [3.05, 3.63) is 66.5 Å². The molecule has 0 saturated carbocycles. The summed E-state index contributed by atoms with van der Waals surface area (Å²) in [5, 5.41) is 0. The molecule has 0 bridgehead atoms. The minimum absolute atomic E-state index is 0.0000710. The Balaban J connectivity index is 1.25. The second-order valence-corrected chi connectivity index (χ2v) is 8.96. The van der Waals surface area contributed by atoms with Gasteiger partial charge in [0.15, 0.2) is 0 Å². The molecule has 2 fully saturated rings. The predicted molar refractivity (Wildman–Crippen MR) is 121 cm³/mol. The Morgan fingerprint density at radius 2 is 1.65 bits per heavy atom. The summed E-state index contributed by atoms with van der Waals surface area (Å²) in [6.07, 6.45) is 4.48. The van der Waals surface area contributed by atoms with Crippen LogP contribution in [0.2, 0.25) is 0 Å². The third-order valence-corrected chi connectivity index (χ3v) is 6.78. The highest BCUT2D eigenvalue weighted by Gasteiger charge is 2.50. The second-order valence-electron chi connectivity index (χ2n) is 8.96. The van der Waals surface area contributed by atoms with Gasteiger partial charge in [0.05, 0.1) is 23.4 Å². The van der Waals surface area contributed by atoms with Crippen molar-refractivity contribution in [2.75, 3.05) is 16.3 Å². The van der Waals surface area contributed by atoms with Crippen molar-refractivity contribution in [3.8, 4) is 5.75 Å². The van der Waals surface area contributed by atoms with Crippen LogP contribution in [0.25, 0.3) is 0 Å². The molecule has 2 saturated heterocycles. The van der Waals surface area contributed by atoms with Crippen LogP contribution in [0.4, 0.5) is 15.8 Å². The van der Waals surface area contributed by atoms with Gasteiger partial charge in [0.25, 0.3) is 0 Å². The Kier molecular flexibility index (Phi) is 5.51. The number of allylic oxidation sites excluding steroid dienone is 2. The highest BCUT2D eigenvalue weighted by molar-refractivity contribution is 6.22. The summed E-state index contributed by atoms with van der Waals surface area (Å²) in [5.41, 5.74) is 0.964. The fraction of sp³-hybridized carbons (Fsp3) is 0.308. The van der Waals surface area contributed by atoms with Crippen LogP contribution in [0, 0.1) is 29.5 Å². The SMILES string of the molecule is C[C@@H]1C=CC[C@@H]2C(=O)N(c3ccc(OC(=O)[C@H]4CC(=O)N(c5ccc(F)cc5)C4)cc3)C(=O)[C@@H]12. The van der Waals surface area contributed by atoms with Gasteiger partial charge in [-0.2, -0.15) is 0 Å². The third-order valence-electron chi connectivity index (χ3n) is 6.78. The van der Waals surface area contributed by atoms with Crippen LogP contribution >= 0.6 is 0 Å². The Labute approximate surface area is 195 Å². The fourth-order valence-electron chi connectivity index (χ4n) is 5.00.